The van der Waals surface area contributed by atoms with Gasteiger partial charge in [0, 0.05) is 6.54 Å². The standard InChI is InChI=1S/C11H14ClNO/c1-9(8-13-11(14)7-12)10-5-3-2-4-6-10/h2-6,9H,7-8H2,1H3,(H,13,14). The highest BCUT2D eigenvalue weighted by Gasteiger charge is 2.05. The molecule has 14 heavy (non-hydrogen) atoms. The molecule has 1 atom stereocenters. The first-order valence-corrected chi connectivity index (χ1v) is 5.15. The van der Waals surface area contributed by atoms with Gasteiger partial charge in [0.25, 0.3) is 0 Å². The van der Waals surface area contributed by atoms with Crippen LogP contribution in [0.3, 0.4) is 0 Å². The molecular weight excluding hydrogens is 198 g/mol. The van der Waals surface area contributed by atoms with E-state index in [1.807, 2.05) is 18.2 Å². The molecule has 1 rings (SSSR count). The summed E-state index contributed by atoms with van der Waals surface area (Å²) in [6, 6.07) is 10.1. The summed E-state index contributed by atoms with van der Waals surface area (Å²) in [7, 11) is 0. The lowest BCUT2D eigenvalue weighted by Crippen LogP contribution is -2.28. The summed E-state index contributed by atoms with van der Waals surface area (Å²) >= 11 is 5.37. The minimum Gasteiger partial charge on any atom is -0.354 e. The predicted molar refractivity (Wildman–Crippen MR) is 58.6 cm³/mol. The molecule has 0 fully saturated rings. The van der Waals surface area contributed by atoms with Gasteiger partial charge in [0.1, 0.15) is 5.88 Å². The van der Waals surface area contributed by atoms with E-state index in [1.54, 1.807) is 0 Å². The van der Waals surface area contributed by atoms with Crippen molar-refractivity contribution in [3.05, 3.63) is 35.9 Å². The second kappa shape index (κ2) is 5.66. The van der Waals surface area contributed by atoms with Gasteiger partial charge in [0.05, 0.1) is 0 Å². The Hall–Kier alpha value is -1.02. The van der Waals surface area contributed by atoms with Gasteiger partial charge < -0.3 is 5.32 Å². The summed E-state index contributed by atoms with van der Waals surface area (Å²) < 4.78 is 0. The van der Waals surface area contributed by atoms with E-state index >= 15 is 0 Å². The smallest absolute Gasteiger partial charge is 0.234 e. The molecule has 0 saturated heterocycles. The number of carbonyl (C=O) groups excluding carboxylic acids is 1. The van der Waals surface area contributed by atoms with Gasteiger partial charge in [-0.3, -0.25) is 4.79 Å². The zero-order valence-corrected chi connectivity index (χ0v) is 8.92. The van der Waals surface area contributed by atoms with Gasteiger partial charge in [-0.2, -0.15) is 0 Å². The first-order chi connectivity index (χ1) is 6.74. The molecule has 1 aromatic carbocycles. The molecule has 2 nitrogen and oxygen atoms in total. The van der Waals surface area contributed by atoms with E-state index in [-0.39, 0.29) is 11.8 Å². The Morgan fingerprint density at radius 1 is 1.43 bits per heavy atom. The lowest BCUT2D eigenvalue weighted by atomic mass is 10.0. The molecule has 0 bridgehead atoms. The second-order valence-corrected chi connectivity index (χ2v) is 3.52. The minimum absolute atomic E-state index is 0.0293. The third kappa shape index (κ3) is 3.38. The van der Waals surface area contributed by atoms with Crippen LogP contribution >= 0.6 is 11.6 Å². The lowest BCUT2D eigenvalue weighted by molar-refractivity contribution is -0.118. The molecule has 0 spiro atoms. The Balaban J connectivity index is 2.43. The van der Waals surface area contributed by atoms with Gasteiger partial charge >= 0.3 is 0 Å². The third-order valence-electron chi connectivity index (χ3n) is 2.10. The SMILES string of the molecule is CC(CNC(=O)CCl)c1ccccc1. The molecule has 1 amide bonds. The summed E-state index contributed by atoms with van der Waals surface area (Å²) in [5, 5.41) is 2.76. The van der Waals surface area contributed by atoms with Crippen molar-refractivity contribution in [1.82, 2.24) is 5.32 Å². The van der Waals surface area contributed by atoms with E-state index in [9.17, 15) is 4.79 Å². The fourth-order valence-corrected chi connectivity index (χ4v) is 1.31. The largest absolute Gasteiger partial charge is 0.354 e. The van der Waals surface area contributed by atoms with E-state index in [4.69, 9.17) is 11.6 Å². The molecule has 1 aromatic rings. The van der Waals surface area contributed by atoms with E-state index in [0.29, 0.717) is 12.5 Å². The Labute approximate surface area is 89.3 Å². The van der Waals surface area contributed by atoms with Crippen molar-refractivity contribution in [2.45, 2.75) is 12.8 Å². The van der Waals surface area contributed by atoms with Crippen LogP contribution in [0.5, 0.6) is 0 Å². The fourth-order valence-electron chi connectivity index (χ4n) is 1.21. The molecule has 0 radical (unpaired) electrons. The molecule has 1 unspecified atom stereocenters. The summed E-state index contributed by atoms with van der Waals surface area (Å²) in [4.78, 5) is 10.9. The molecule has 76 valence electrons. The second-order valence-electron chi connectivity index (χ2n) is 3.25. The van der Waals surface area contributed by atoms with Crippen molar-refractivity contribution in [3.63, 3.8) is 0 Å². The highest BCUT2D eigenvalue weighted by Crippen LogP contribution is 2.12. The zero-order valence-electron chi connectivity index (χ0n) is 8.16. The van der Waals surface area contributed by atoms with Crippen LogP contribution in [-0.2, 0) is 4.79 Å². The van der Waals surface area contributed by atoms with Crippen molar-refractivity contribution in [2.24, 2.45) is 0 Å². The van der Waals surface area contributed by atoms with Crippen molar-refractivity contribution in [3.8, 4) is 0 Å². The van der Waals surface area contributed by atoms with E-state index in [2.05, 4.69) is 24.4 Å². The first kappa shape index (κ1) is 11.1. The molecule has 0 aliphatic carbocycles. The number of alkyl halides is 1. The molecule has 0 saturated carbocycles. The number of hydrogen-bond donors (Lipinski definition) is 1. The summed E-state index contributed by atoms with van der Waals surface area (Å²) in [6.45, 7) is 2.71. The number of amides is 1. The van der Waals surface area contributed by atoms with Crippen molar-refractivity contribution in [1.29, 1.82) is 0 Å². The van der Waals surface area contributed by atoms with Crippen molar-refractivity contribution >= 4 is 17.5 Å². The van der Waals surface area contributed by atoms with Gasteiger partial charge in [0.15, 0.2) is 0 Å². The topological polar surface area (TPSA) is 29.1 Å². The van der Waals surface area contributed by atoms with Gasteiger partial charge in [-0.05, 0) is 11.5 Å². The maximum Gasteiger partial charge on any atom is 0.234 e. The maximum atomic E-state index is 10.9. The third-order valence-corrected chi connectivity index (χ3v) is 2.34. The van der Waals surface area contributed by atoms with Crippen LogP contribution in [0, 0.1) is 0 Å². The Morgan fingerprint density at radius 2 is 2.07 bits per heavy atom. The van der Waals surface area contributed by atoms with Gasteiger partial charge in [-0.15, -0.1) is 11.6 Å². The highest BCUT2D eigenvalue weighted by molar-refractivity contribution is 6.27. The number of halogens is 1. The highest BCUT2D eigenvalue weighted by atomic mass is 35.5. The predicted octanol–water partition coefficient (Wildman–Crippen LogP) is 2.15. The van der Waals surface area contributed by atoms with Gasteiger partial charge in [0.2, 0.25) is 5.91 Å². The van der Waals surface area contributed by atoms with Gasteiger partial charge in [-0.1, -0.05) is 37.3 Å². The van der Waals surface area contributed by atoms with E-state index < -0.39 is 0 Å². The van der Waals surface area contributed by atoms with Crippen LogP contribution < -0.4 is 5.32 Å². The van der Waals surface area contributed by atoms with Crippen LogP contribution in [0.4, 0.5) is 0 Å². The molecular formula is C11H14ClNO. The van der Waals surface area contributed by atoms with Crippen LogP contribution in [0.2, 0.25) is 0 Å². The Bertz CT molecular complexity index is 287. The summed E-state index contributed by atoms with van der Waals surface area (Å²) in [6.07, 6.45) is 0. The molecule has 1 N–H and O–H groups in total. The first-order valence-electron chi connectivity index (χ1n) is 4.61. The van der Waals surface area contributed by atoms with Crippen LogP contribution in [0.1, 0.15) is 18.4 Å². The van der Waals surface area contributed by atoms with Crippen molar-refractivity contribution in [2.75, 3.05) is 12.4 Å². The van der Waals surface area contributed by atoms with E-state index in [1.165, 1.54) is 5.56 Å². The quantitative estimate of drug-likeness (QED) is 0.760. The maximum absolute atomic E-state index is 10.9. The average molecular weight is 212 g/mol. The molecule has 0 aliphatic heterocycles. The van der Waals surface area contributed by atoms with Crippen LogP contribution in [0.25, 0.3) is 0 Å². The van der Waals surface area contributed by atoms with Crippen LogP contribution in [0.15, 0.2) is 30.3 Å². The minimum atomic E-state index is -0.116. The summed E-state index contributed by atoms with van der Waals surface area (Å²) in [5.41, 5.74) is 1.22. The summed E-state index contributed by atoms with van der Waals surface area (Å²) in [5.74, 6) is 0.236. The van der Waals surface area contributed by atoms with E-state index in [0.717, 1.165) is 0 Å². The Kier molecular flexibility index (Phi) is 4.47. The average Bonchev–Trinajstić information content (AvgIpc) is 2.26. The number of hydrogen-bond acceptors (Lipinski definition) is 1. The van der Waals surface area contributed by atoms with Gasteiger partial charge in [-0.25, -0.2) is 0 Å². The number of carbonyl (C=O) groups is 1. The lowest BCUT2D eigenvalue weighted by Gasteiger charge is -2.11. The molecule has 0 aromatic heterocycles. The van der Waals surface area contributed by atoms with Crippen LogP contribution in [-0.4, -0.2) is 18.3 Å². The molecule has 0 aliphatic rings. The number of rotatable bonds is 4. The number of nitrogens with one attached hydrogen (secondary N) is 1. The number of benzene rings is 1. The Morgan fingerprint density at radius 3 is 2.64 bits per heavy atom. The normalized spacial score (nSPS) is 12.1. The fraction of sp³-hybridized carbons (Fsp3) is 0.364. The molecule has 3 heteroatoms. The molecule has 0 heterocycles. The monoisotopic (exact) mass is 211 g/mol. The zero-order chi connectivity index (χ0) is 10.4. The van der Waals surface area contributed by atoms with Crippen molar-refractivity contribution < 1.29 is 4.79 Å².